The van der Waals surface area contributed by atoms with Gasteiger partial charge in [-0.15, -0.1) is 0 Å². The summed E-state index contributed by atoms with van der Waals surface area (Å²) < 4.78 is 5.49. The Morgan fingerprint density at radius 2 is 1.58 bits per heavy atom. The minimum atomic E-state index is -0.392. The van der Waals surface area contributed by atoms with Gasteiger partial charge in [-0.25, -0.2) is 0 Å². The summed E-state index contributed by atoms with van der Waals surface area (Å²) in [7, 11) is 1.69. The minimum Gasteiger partial charge on any atom is -0.374 e. The predicted octanol–water partition coefficient (Wildman–Crippen LogP) is 5.86. The average molecular weight is 387 g/mol. The van der Waals surface area contributed by atoms with Crippen LogP contribution < -0.4 is 5.32 Å². The van der Waals surface area contributed by atoms with E-state index in [0.717, 1.165) is 41.2 Å². The highest BCUT2D eigenvalue weighted by atomic mass is 35.5. The van der Waals surface area contributed by atoms with Crippen LogP contribution >= 0.6 is 34.8 Å². The summed E-state index contributed by atoms with van der Waals surface area (Å²) in [4.78, 5) is 0. The Hall–Kier alpha value is -0.770. The lowest BCUT2D eigenvalue weighted by Crippen LogP contribution is -2.20. The standard InChI is InChI=1S/C19H22Cl3NO/c1-19(2,24-3)15-6-4-14(11-17(15)21)12-23-9-8-13-5-7-16(20)18(22)10-13/h4-7,10-11,23H,8-9,12H2,1-3H3. The highest BCUT2D eigenvalue weighted by Gasteiger charge is 2.22. The van der Waals surface area contributed by atoms with Crippen molar-refractivity contribution in [3.8, 4) is 0 Å². The number of methoxy groups -OCH3 is 1. The molecule has 0 unspecified atom stereocenters. The Bertz CT molecular complexity index is 701. The van der Waals surface area contributed by atoms with Crippen molar-refractivity contribution in [3.63, 3.8) is 0 Å². The van der Waals surface area contributed by atoms with Gasteiger partial charge < -0.3 is 10.1 Å². The van der Waals surface area contributed by atoms with Crippen LogP contribution in [0.5, 0.6) is 0 Å². The van der Waals surface area contributed by atoms with Gasteiger partial charge in [-0.3, -0.25) is 0 Å². The van der Waals surface area contributed by atoms with Crippen molar-refractivity contribution in [1.82, 2.24) is 5.32 Å². The van der Waals surface area contributed by atoms with Gasteiger partial charge in [0.1, 0.15) is 0 Å². The van der Waals surface area contributed by atoms with Crippen LogP contribution in [0.25, 0.3) is 0 Å². The topological polar surface area (TPSA) is 21.3 Å². The third-order valence-corrected chi connectivity index (χ3v) is 5.15. The van der Waals surface area contributed by atoms with Gasteiger partial charge in [-0.1, -0.05) is 53.0 Å². The number of rotatable bonds is 7. The van der Waals surface area contributed by atoms with E-state index in [2.05, 4.69) is 11.4 Å². The number of hydrogen-bond acceptors (Lipinski definition) is 2. The SMILES string of the molecule is COC(C)(C)c1ccc(CNCCc2ccc(Cl)c(Cl)c2)cc1Cl. The van der Waals surface area contributed by atoms with Crippen molar-refractivity contribution in [1.29, 1.82) is 0 Å². The fourth-order valence-electron chi connectivity index (χ4n) is 2.43. The second-order valence-corrected chi connectivity index (χ2v) is 7.43. The molecule has 0 aliphatic heterocycles. The quantitative estimate of drug-likeness (QED) is 0.602. The molecule has 5 heteroatoms. The summed E-state index contributed by atoms with van der Waals surface area (Å²) in [6, 6.07) is 11.8. The zero-order valence-corrected chi connectivity index (χ0v) is 16.4. The number of ether oxygens (including phenoxy) is 1. The van der Waals surface area contributed by atoms with E-state index >= 15 is 0 Å². The maximum atomic E-state index is 6.40. The van der Waals surface area contributed by atoms with Gasteiger partial charge in [0.15, 0.2) is 0 Å². The molecule has 0 atom stereocenters. The fraction of sp³-hybridized carbons (Fsp3) is 0.368. The molecule has 0 aromatic heterocycles. The largest absolute Gasteiger partial charge is 0.374 e. The molecular formula is C19H22Cl3NO. The van der Waals surface area contributed by atoms with Crippen molar-refractivity contribution in [2.45, 2.75) is 32.4 Å². The molecule has 130 valence electrons. The van der Waals surface area contributed by atoms with Gasteiger partial charge in [0.2, 0.25) is 0 Å². The summed E-state index contributed by atoms with van der Waals surface area (Å²) >= 11 is 18.3. The van der Waals surface area contributed by atoms with Gasteiger partial charge in [0, 0.05) is 24.2 Å². The van der Waals surface area contributed by atoms with Crippen molar-refractivity contribution in [3.05, 3.63) is 68.2 Å². The van der Waals surface area contributed by atoms with Crippen LogP contribution in [0, 0.1) is 0 Å². The van der Waals surface area contributed by atoms with E-state index in [-0.39, 0.29) is 0 Å². The lowest BCUT2D eigenvalue weighted by Gasteiger charge is -2.25. The molecule has 24 heavy (non-hydrogen) atoms. The summed E-state index contributed by atoms with van der Waals surface area (Å²) in [6.07, 6.45) is 0.888. The van der Waals surface area contributed by atoms with E-state index in [4.69, 9.17) is 39.5 Å². The van der Waals surface area contributed by atoms with Crippen LogP contribution in [0.1, 0.15) is 30.5 Å². The first kappa shape index (κ1) is 19.6. The molecule has 0 aliphatic rings. The Kier molecular flexibility index (Phi) is 6.97. The monoisotopic (exact) mass is 385 g/mol. The van der Waals surface area contributed by atoms with Crippen LogP contribution in [0.15, 0.2) is 36.4 Å². The summed E-state index contributed by atoms with van der Waals surface area (Å²) in [5, 5.41) is 5.33. The lowest BCUT2D eigenvalue weighted by atomic mass is 9.97. The lowest BCUT2D eigenvalue weighted by molar-refractivity contribution is 0.0193. The summed E-state index contributed by atoms with van der Waals surface area (Å²) in [5.41, 5.74) is 2.90. The average Bonchev–Trinajstić information content (AvgIpc) is 2.54. The van der Waals surface area contributed by atoms with Gasteiger partial charge in [-0.2, -0.15) is 0 Å². The first-order valence-corrected chi connectivity index (χ1v) is 8.95. The Balaban J connectivity index is 1.88. The molecule has 0 aliphatic carbocycles. The van der Waals surface area contributed by atoms with Crippen LogP contribution in [0.2, 0.25) is 15.1 Å². The van der Waals surface area contributed by atoms with Crippen LogP contribution in [-0.2, 0) is 23.3 Å². The van der Waals surface area contributed by atoms with Gasteiger partial charge in [0.05, 0.1) is 15.6 Å². The van der Waals surface area contributed by atoms with E-state index in [9.17, 15) is 0 Å². The number of benzene rings is 2. The molecule has 0 saturated heterocycles. The Labute approximate surface area is 159 Å². The molecule has 0 amide bonds. The Morgan fingerprint density at radius 3 is 2.21 bits per heavy atom. The number of halogens is 3. The molecule has 2 aromatic carbocycles. The summed E-state index contributed by atoms with van der Waals surface area (Å²) in [5.74, 6) is 0. The molecule has 1 N–H and O–H groups in total. The maximum Gasteiger partial charge on any atom is 0.0885 e. The van der Waals surface area contributed by atoms with Crippen LogP contribution in [0.4, 0.5) is 0 Å². The maximum absolute atomic E-state index is 6.40. The van der Waals surface area contributed by atoms with Gasteiger partial charge in [-0.05, 0) is 56.1 Å². The fourth-order valence-corrected chi connectivity index (χ4v) is 3.18. The minimum absolute atomic E-state index is 0.392. The molecule has 0 spiro atoms. The molecule has 0 radical (unpaired) electrons. The van der Waals surface area contributed by atoms with E-state index in [0.29, 0.717) is 10.0 Å². The van der Waals surface area contributed by atoms with Crippen molar-refractivity contribution >= 4 is 34.8 Å². The van der Waals surface area contributed by atoms with Gasteiger partial charge in [0.25, 0.3) is 0 Å². The van der Waals surface area contributed by atoms with Crippen molar-refractivity contribution in [2.24, 2.45) is 0 Å². The van der Waals surface area contributed by atoms with Gasteiger partial charge >= 0.3 is 0 Å². The van der Waals surface area contributed by atoms with E-state index in [1.54, 1.807) is 7.11 Å². The number of hydrogen-bond donors (Lipinski definition) is 1. The normalized spacial score (nSPS) is 11.8. The summed E-state index contributed by atoms with van der Waals surface area (Å²) in [6.45, 7) is 5.61. The van der Waals surface area contributed by atoms with E-state index < -0.39 is 5.60 Å². The third kappa shape index (κ3) is 5.11. The predicted molar refractivity (Wildman–Crippen MR) is 103 cm³/mol. The molecule has 2 nitrogen and oxygen atoms in total. The molecule has 2 aromatic rings. The third-order valence-electron chi connectivity index (χ3n) is 4.10. The van der Waals surface area contributed by atoms with Crippen molar-refractivity contribution < 1.29 is 4.74 Å². The van der Waals surface area contributed by atoms with E-state index in [1.807, 2.05) is 44.2 Å². The molecular weight excluding hydrogens is 365 g/mol. The zero-order chi connectivity index (χ0) is 17.7. The Morgan fingerprint density at radius 1 is 0.917 bits per heavy atom. The van der Waals surface area contributed by atoms with Crippen LogP contribution in [-0.4, -0.2) is 13.7 Å². The molecule has 2 rings (SSSR count). The highest BCUT2D eigenvalue weighted by molar-refractivity contribution is 6.42. The smallest absolute Gasteiger partial charge is 0.0885 e. The first-order valence-electron chi connectivity index (χ1n) is 7.82. The second kappa shape index (κ2) is 8.55. The highest BCUT2D eigenvalue weighted by Crippen LogP contribution is 2.31. The number of nitrogens with one attached hydrogen (secondary N) is 1. The molecule has 0 fully saturated rings. The zero-order valence-electron chi connectivity index (χ0n) is 14.1. The molecule has 0 saturated carbocycles. The van der Waals surface area contributed by atoms with E-state index in [1.165, 1.54) is 0 Å². The first-order chi connectivity index (χ1) is 11.3. The molecule has 0 bridgehead atoms. The van der Waals surface area contributed by atoms with Crippen LogP contribution in [0.3, 0.4) is 0 Å². The van der Waals surface area contributed by atoms with Crippen molar-refractivity contribution in [2.75, 3.05) is 13.7 Å². The second-order valence-electron chi connectivity index (χ2n) is 6.20. The molecule has 0 heterocycles.